The van der Waals surface area contributed by atoms with Crippen molar-refractivity contribution < 1.29 is 26.3 Å². The van der Waals surface area contributed by atoms with E-state index in [1.54, 1.807) is 5.38 Å². The maximum atomic E-state index is 13.1. The summed E-state index contributed by atoms with van der Waals surface area (Å²) in [6.45, 7) is 0. The van der Waals surface area contributed by atoms with E-state index in [4.69, 9.17) is 4.74 Å². The molecule has 0 spiro atoms. The Morgan fingerprint density at radius 3 is 2.48 bits per heavy atom. The Labute approximate surface area is 191 Å². The Morgan fingerprint density at radius 2 is 1.85 bits per heavy atom. The van der Waals surface area contributed by atoms with E-state index in [1.165, 1.54) is 48.2 Å². The Bertz CT molecular complexity index is 1460. The smallest absolute Gasteiger partial charge is 0.416 e. The molecule has 0 amide bonds. The molecular formula is C21H18F3N3O4S2. The lowest BCUT2D eigenvalue weighted by atomic mass is 10.1. The van der Waals surface area contributed by atoms with Gasteiger partial charge in [0.25, 0.3) is 15.6 Å². The Morgan fingerprint density at radius 1 is 1.09 bits per heavy atom. The van der Waals surface area contributed by atoms with E-state index < -0.39 is 27.3 Å². The van der Waals surface area contributed by atoms with Gasteiger partial charge in [-0.05, 0) is 42.5 Å². The maximum Gasteiger partial charge on any atom is 0.416 e. The lowest BCUT2D eigenvalue weighted by molar-refractivity contribution is -0.137. The summed E-state index contributed by atoms with van der Waals surface area (Å²) < 4.78 is 73.2. The quantitative estimate of drug-likeness (QED) is 0.423. The van der Waals surface area contributed by atoms with Crippen LogP contribution in [0.4, 0.5) is 18.3 Å². The lowest BCUT2D eigenvalue weighted by Gasteiger charge is -2.16. The molecule has 0 saturated heterocycles. The predicted molar refractivity (Wildman–Crippen MR) is 121 cm³/mol. The van der Waals surface area contributed by atoms with Gasteiger partial charge in [0.05, 0.1) is 28.8 Å². The van der Waals surface area contributed by atoms with Gasteiger partial charge in [-0.2, -0.15) is 13.2 Å². The summed E-state index contributed by atoms with van der Waals surface area (Å²) in [5, 5.41) is 2.20. The second-order valence-corrected chi connectivity index (χ2v) is 9.13. The molecule has 2 heterocycles. The largest absolute Gasteiger partial charge is 0.495 e. The zero-order valence-corrected chi connectivity index (χ0v) is 17.9. The summed E-state index contributed by atoms with van der Waals surface area (Å²) in [6.07, 6.45) is -3.12. The molecule has 0 bridgehead atoms. The van der Waals surface area contributed by atoms with Gasteiger partial charge in [-0.3, -0.25) is 14.1 Å². The first kappa shape index (κ1) is 24.3. The number of halogens is 3. The first-order valence-corrected chi connectivity index (χ1v) is 11.3. The van der Waals surface area contributed by atoms with E-state index >= 15 is 0 Å². The first-order chi connectivity index (χ1) is 15.1. The minimum absolute atomic E-state index is 0. The third kappa shape index (κ3) is 4.71. The van der Waals surface area contributed by atoms with Crippen LogP contribution in [0.25, 0.3) is 16.6 Å². The van der Waals surface area contributed by atoms with Crippen molar-refractivity contribution in [1.29, 1.82) is 0 Å². The van der Waals surface area contributed by atoms with Gasteiger partial charge in [0, 0.05) is 23.0 Å². The third-order valence-electron chi connectivity index (χ3n) is 4.58. The molecule has 174 valence electrons. The van der Waals surface area contributed by atoms with Crippen LogP contribution in [0, 0.1) is 0 Å². The number of sulfonamides is 1. The van der Waals surface area contributed by atoms with Gasteiger partial charge < -0.3 is 4.74 Å². The minimum atomic E-state index is -4.58. The standard InChI is InChI=1S/C20H14F3N3O4S2.CH4/c1-30-17-11-13(20(21,22)23)3-5-16(17)26-15-6-4-14(10-12(15)2-7-18(26)27)32(28,29)25-19-24-8-9-31-19;/h2-11H,1H3,(H,24,25);1H4. The number of nitrogens with one attached hydrogen (secondary N) is 1. The number of pyridine rings is 1. The molecule has 0 unspecified atom stereocenters. The number of anilines is 1. The molecule has 0 radical (unpaired) electrons. The van der Waals surface area contributed by atoms with Crippen LogP contribution in [0.5, 0.6) is 5.75 Å². The number of hydrogen-bond acceptors (Lipinski definition) is 6. The molecule has 2 aromatic carbocycles. The van der Waals surface area contributed by atoms with Crippen LogP contribution in [0.1, 0.15) is 13.0 Å². The summed E-state index contributed by atoms with van der Waals surface area (Å²) in [6, 6.07) is 9.48. The van der Waals surface area contributed by atoms with Gasteiger partial charge in [0.1, 0.15) is 5.75 Å². The molecule has 2 aromatic heterocycles. The minimum Gasteiger partial charge on any atom is -0.495 e. The number of nitrogens with zero attached hydrogens (tertiary/aromatic N) is 2. The van der Waals surface area contributed by atoms with Crippen LogP contribution >= 0.6 is 11.3 Å². The van der Waals surface area contributed by atoms with Gasteiger partial charge >= 0.3 is 6.18 Å². The van der Waals surface area contributed by atoms with Crippen molar-refractivity contribution >= 4 is 37.4 Å². The Hall–Kier alpha value is -3.38. The number of fused-ring (bicyclic) bond motifs is 1. The highest BCUT2D eigenvalue weighted by Gasteiger charge is 2.31. The number of thiazole rings is 1. The van der Waals surface area contributed by atoms with E-state index in [2.05, 4.69) is 9.71 Å². The van der Waals surface area contributed by atoms with Crippen molar-refractivity contribution in [2.75, 3.05) is 11.8 Å². The molecule has 7 nitrogen and oxygen atoms in total. The number of alkyl halides is 3. The fourth-order valence-electron chi connectivity index (χ4n) is 3.13. The molecule has 4 rings (SSSR count). The number of methoxy groups -OCH3 is 1. The van der Waals surface area contributed by atoms with E-state index in [0.29, 0.717) is 10.9 Å². The van der Waals surface area contributed by atoms with Crippen LogP contribution in [0.3, 0.4) is 0 Å². The van der Waals surface area contributed by atoms with Crippen molar-refractivity contribution in [1.82, 2.24) is 9.55 Å². The van der Waals surface area contributed by atoms with E-state index in [0.717, 1.165) is 29.5 Å². The van der Waals surface area contributed by atoms with E-state index in [1.807, 2.05) is 0 Å². The maximum absolute atomic E-state index is 13.1. The number of ether oxygens (including phenoxy) is 1. The summed E-state index contributed by atoms with van der Waals surface area (Å²) in [7, 11) is -2.74. The zero-order chi connectivity index (χ0) is 23.1. The summed E-state index contributed by atoms with van der Waals surface area (Å²) in [5.41, 5.74) is -1.06. The fourth-order valence-corrected chi connectivity index (χ4v) is 4.95. The average Bonchev–Trinajstić information content (AvgIpc) is 3.24. The summed E-state index contributed by atoms with van der Waals surface area (Å²) >= 11 is 1.12. The van der Waals surface area contributed by atoms with Crippen LogP contribution < -0.4 is 15.0 Å². The molecular weight excluding hydrogens is 479 g/mol. The van der Waals surface area contributed by atoms with E-state index in [-0.39, 0.29) is 28.9 Å². The topological polar surface area (TPSA) is 90.3 Å². The predicted octanol–water partition coefficient (Wildman–Crippen LogP) is 4.91. The Balaban J connectivity index is 0.00000306. The summed E-state index contributed by atoms with van der Waals surface area (Å²) in [5.74, 6) is -0.156. The van der Waals surface area contributed by atoms with Crippen LogP contribution in [0.2, 0.25) is 0 Å². The monoisotopic (exact) mass is 497 g/mol. The number of benzene rings is 2. The summed E-state index contributed by atoms with van der Waals surface area (Å²) in [4.78, 5) is 16.4. The van der Waals surface area contributed by atoms with Crippen LogP contribution in [-0.2, 0) is 16.2 Å². The molecule has 4 aromatic rings. The molecule has 0 aliphatic carbocycles. The molecule has 0 aliphatic rings. The molecule has 33 heavy (non-hydrogen) atoms. The molecule has 0 atom stereocenters. The molecule has 0 fully saturated rings. The second kappa shape index (κ2) is 8.87. The average molecular weight is 498 g/mol. The fraction of sp³-hybridized carbons (Fsp3) is 0.143. The molecule has 0 aliphatic heterocycles. The number of hydrogen-bond donors (Lipinski definition) is 1. The van der Waals surface area contributed by atoms with Crippen LogP contribution in [0.15, 0.2) is 69.8 Å². The van der Waals surface area contributed by atoms with Crippen LogP contribution in [-0.4, -0.2) is 25.1 Å². The van der Waals surface area contributed by atoms with Crippen molar-refractivity contribution in [3.8, 4) is 11.4 Å². The highest BCUT2D eigenvalue weighted by molar-refractivity contribution is 7.93. The molecule has 0 saturated carbocycles. The van der Waals surface area contributed by atoms with Crippen molar-refractivity contribution in [3.63, 3.8) is 0 Å². The van der Waals surface area contributed by atoms with Gasteiger partial charge in [-0.1, -0.05) is 7.43 Å². The van der Waals surface area contributed by atoms with Crippen molar-refractivity contribution in [2.24, 2.45) is 0 Å². The van der Waals surface area contributed by atoms with Gasteiger partial charge in [-0.15, -0.1) is 11.3 Å². The van der Waals surface area contributed by atoms with E-state index in [9.17, 15) is 26.4 Å². The second-order valence-electron chi connectivity index (χ2n) is 6.55. The SMILES string of the molecule is C.COc1cc(C(F)(F)F)ccc1-n1c(=O)ccc2cc(S(=O)(=O)Nc3nccs3)ccc21. The number of aromatic nitrogens is 2. The van der Waals surface area contributed by atoms with Gasteiger partial charge in [0.2, 0.25) is 0 Å². The highest BCUT2D eigenvalue weighted by atomic mass is 32.2. The molecule has 1 N–H and O–H groups in total. The first-order valence-electron chi connectivity index (χ1n) is 8.94. The third-order valence-corrected chi connectivity index (χ3v) is 6.73. The number of rotatable bonds is 5. The normalized spacial score (nSPS) is 11.8. The lowest BCUT2D eigenvalue weighted by Crippen LogP contribution is -2.19. The highest BCUT2D eigenvalue weighted by Crippen LogP contribution is 2.35. The van der Waals surface area contributed by atoms with Gasteiger partial charge in [0.15, 0.2) is 5.13 Å². The Kier molecular flexibility index (Phi) is 6.52. The van der Waals surface area contributed by atoms with Crippen molar-refractivity contribution in [2.45, 2.75) is 18.5 Å². The van der Waals surface area contributed by atoms with Crippen molar-refractivity contribution in [3.05, 3.63) is 76.0 Å². The van der Waals surface area contributed by atoms with Gasteiger partial charge in [-0.25, -0.2) is 13.4 Å². The molecule has 12 heteroatoms. The zero-order valence-electron chi connectivity index (χ0n) is 16.3.